The van der Waals surface area contributed by atoms with Gasteiger partial charge in [0.25, 0.3) is 10.0 Å². The van der Waals surface area contributed by atoms with Crippen LogP contribution in [0.15, 0.2) is 108 Å². The Hall–Kier alpha value is -3.56. The lowest BCUT2D eigenvalue weighted by Crippen LogP contribution is -2.53. The summed E-state index contributed by atoms with van der Waals surface area (Å²) in [5.74, 6) is -0.792. The fraction of sp³-hybridized carbons (Fsp3) is 0.235. The summed E-state index contributed by atoms with van der Waals surface area (Å²) in [4.78, 5) is 29.7. The molecule has 0 saturated carbocycles. The van der Waals surface area contributed by atoms with Crippen LogP contribution in [-0.4, -0.2) is 44.3 Å². The molecule has 236 valence electrons. The molecule has 4 aromatic rings. The minimum absolute atomic E-state index is 0.0358. The molecule has 0 heterocycles. The lowest BCUT2D eigenvalue weighted by atomic mass is 10.0. The van der Waals surface area contributed by atoms with Crippen LogP contribution in [0.25, 0.3) is 0 Å². The summed E-state index contributed by atoms with van der Waals surface area (Å²) < 4.78 is 29.1. The molecule has 0 bridgehead atoms. The normalized spacial score (nSPS) is 12.0. The molecule has 0 unspecified atom stereocenters. The highest BCUT2D eigenvalue weighted by molar-refractivity contribution is 7.92. The minimum atomic E-state index is -4.23. The van der Waals surface area contributed by atoms with Gasteiger partial charge in [0.1, 0.15) is 12.6 Å². The number of para-hydroxylation sites is 1. The van der Waals surface area contributed by atoms with Gasteiger partial charge in [-0.25, -0.2) is 8.42 Å². The largest absolute Gasteiger partial charge is 0.354 e. The van der Waals surface area contributed by atoms with Crippen LogP contribution in [0.5, 0.6) is 0 Å². The second-order valence-corrected chi connectivity index (χ2v) is 14.0. The Morgan fingerprint density at radius 1 is 0.800 bits per heavy atom. The van der Waals surface area contributed by atoms with Gasteiger partial charge in [0, 0.05) is 34.6 Å². The zero-order chi connectivity index (χ0) is 32.6. The van der Waals surface area contributed by atoms with E-state index in [0.717, 1.165) is 9.87 Å². The molecule has 0 radical (unpaired) electrons. The number of carbonyl (C=O) groups is 2. The molecule has 1 atom stereocenters. The Morgan fingerprint density at radius 3 is 2.00 bits per heavy atom. The molecule has 0 aliphatic heterocycles. The number of nitrogens with one attached hydrogen (secondary N) is 1. The zero-order valence-corrected chi connectivity index (χ0v) is 28.0. The van der Waals surface area contributed by atoms with Gasteiger partial charge >= 0.3 is 0 Å². The van der Waals surface area contributed by atoms with E-state index in [4.69, 9.17) is 34.8 Å². The third kappa shape index (κ3) is 9.23. The van der Waals surface area contributed by atoms with Crippen LogP contribution >= 0.6 is 34.8 Å². The van der Waals surface area contributed by atoms with E-state index >= 15 is 0 Å². The Kier molecular flexibility index (Phi) is 11.9. The predicted octanol–water partition coefficient (Wildman–Crippen LogP) is 7.25. The van der Waals surface area contributed by atoms with Crippen LogP contribution < -0.4 is 9.62 Å². The number of nitrogens with zero attached hydrogens (tertiary/aromatic N) is 2. The highest BCUT2D eigenvalue weighted by Crippen LogP contribution is 2.27. The fourth-order valence-corrected chi connectivity index (χ4v) is 6.68. The van der Waals surface area contributed by atoms with Gasteiger partial charge in [0.05, 0.1) is 10.6 Å². The minimum Gasteiger partial charge on any atom is -0.354 e. The van der Waals surface area contributed by atoms with E-state index in [-0.39, 0.29) is 35.4 Å². The summed E-state index contributed by atoms with van der Waals surface area (Å²) in [5.41, 5.74) is 1.67. The SMILES string of the molecule is CC(C)CNC(=O)[C@H](Cc1ccccc1)N(Cc1ccc(Cl)cc1Cl)C(=O)CN(c1ccccc1)S(=O)(=O)c1ccc(Cl)cc1. The van der Waals surface area contributed by atoms with Crippen LogP contribution in [0.3, 0.4) is 0 Å². The van der Waals surface area contributed by atoms with Crippen LogP contribution in [0.4, 0.5) is 5.69 Å². The van der Waals surface area contributed by atoms with E-state index in [1.807, 2.05) is 44.2 Å². The van der Waals surface area contributed by atoms with Crippen molar-refractivity contribution < 1.29 is 18.0 Å². The van der Waals surface area contributed by atoms with Crippen LogP contribution in [0.1, 0.15) is 25.0 Å². The molecule has 4 rings (SSSR count). The number of hydrogen-bond donors (Lipinski definition) is 1. The van der Waals surface area contributed by atoms with Crippen molar-refractivity contribution in [3.05, 3.63) is 129 Å². The first-order chi connectivity index (χ1) is 21.5. The van der Waals surface area contributed by atoms with Crippen LogP contribution in [0.2, 0.25) is 15.1 Å². The van der Waals surface area contributed by atoms with Crippen molar-refractivity contribution in [1.29, 1.82) is 0 Å². The summed E-state index contributed by atoms with van der Waals surface area (Å²) in [6.45, 7) is 3.70. The number of benzene rings is 4. The van der Waals surface area contributed by atoms with Crippen molar-refractivity contribution in [2.45, 2.75) is 37.8 Å². The molecule has 0 aliphatic rings. The second-order valence-electron chi connectivity index (χ2n) is 10.9. The Balaban J connectivity index is 1.80. The van der Waals surface area contributed by atoms with Gasteiger partial charge in [0.15, 0.2) is 0 Å². The zero-order valence-electron chi connectivity index (χ0n) is 24.9. The standard InChI is InChI=1S/C34H34Cl3N3O4S/c1-24(2)21-38-34(42)32(19-25-9-5-3-6-10-25)39(22-26-13-14-28(36)20-31(26)37)33(41)23-40(29-11-7-4-8-12-29)45(43,44)30-17-15-27(35)16-18-30/h3-18,20,24,32H,19,21-23H2,1-2H3,(H,38,42)/t32-/m0/s1. The summed E-state index contributed by atoms with van der Waals surface area (Å²) in [6, 6.07) is 27.3. The lowest BCUT2D eigenvalue weighted by molar-refractivity contribution is -0.140. The number of carbonyl (C=O) groups excluding carboxylic acids is 2. The monoisotopic (exact) mass is 685 g/mol. The van der Waals surface area contributed by atoms with Crippen LogP contribution in [0, 0.1) is 5.92 Å². The third-order valence-corrected chi connectivity index (χ3v) is 9.66. The molecule has 45 heavy (non-hydrogen) atoms. The maximum atomic E-state index is 14.5. The average molecular weight is 687 g/mol. The topological polar surface area (TPSA) is 86.8 Å². The van der Waals surface area contributed by atoms with Gasteiger partial charge < -0.3 is 10.2 Å². The van der Waals surface area contributed by atoms with Gasteiger partial charge in [-0.05, 0) is 65.6 Å². The number of halogens is 3. The van der Waals surface area contributed by atoms with Gasteiger partial charge in [-0.2, -0.15) is 0 Å². The molecule has 0 saturated heterocycles. The number of anilines is 1. The highest BCUT2D eigenvalue weighted by atomic mass is 35.5. The summed E-state index contributed by atoms with van der Waals surface area (Å²) >= 11 is 18.7. The molecular formula is C34H34Cl3N3O4S. The second kappa shape index (κ2) is 15.6. The average Bonchev–Trinajstić information content (AvgIpc) is 3.02. The number of amides is 2. The smallest absolute Gasteiger partial charge is 0.264 e. The molecule has 0 aliphatic carbocycles. The van der Waals surface area contributed by atoms with Gasteiger partial charge in [-0.15, -0.1) is 0 Å². The van der Waals surface area contributed by atoms with E-state index in [2.05, 4.69) is 5.32 Å². The Bertz CT molecular complexity index is 1700. The summed E-state index contributed by atoms with van der Waals surface area (Å²) in [6.07, 6.45) is 0.191. The maximum absolute atomic E-state index is 14.5. The molecule has 4 aromatic carbocycles. The number of hydrogen-bond acceptors (Lipinski definition) is 4. The van der Waals surface area contributed by atoms with Gasteiger partial charge in [-0.1, -0.05) is 103 Å². The quantitative estimate of drug-likeness (QED) is 0.161. The van der Waals surface area contributed by atoms with Gasteiger partial charge in [0.2, 0.25) is 11.8 Å². The first-order valence-corrected chi connectivity index (χ1v) is 16.9. The van der Waals surface area contributed by atoms with Gasteiger partial charge in [-0.3, -0.25) is 13.9 Å². The molecule has 0 spiro atoms. The van der Waals surface area contributed by atoms with E-state index in [0.29, 0.717) is 27.2 Å². The Labute approximate surface area is 279 Å². The van der Waals surface area contributed by atoms with E-state index in [1.165, 1.54) is 29.2 Å². The first kappa shape index (κ1) is 34.3. The third-order valence-electron chi connectivity index (χ3n) is 7.04. The molecule has 2 amide bonds. The first-order valence-electron chi connectivity index (χ1n) is 14.3. The van der Waals surface area contributed by atoms with E-state index < -0.39 is 28.5 Å². The molecular weight excluding hydrogens is 653 g/mol. The summed E-state index contributed by atoms with van der Waals surface area (Å²) in [5, 5.41) is 4.07. The molecule has 7 nitrogen and oxygen atoms in total. The maximum Gasteiger partial charge on any atom is 0.264 e. The fourth-order valence-electron chi connectivity index (χ4n) is 4.67. The number of rotatable bonds is 13. The van der Waals surface area contributed by atoms with Crippen molar-refractivity contribution in [3.63, 3.8) is 0 Å². The van der Waals surface area contributed by atoms with Crippen molar-refractivity contribution in [2.75, 3.05) is 17.4 Å². The van der Waals surface area contributed by atoms with Crippen molar-refractivity contribution in [3.8, 4) is 0 Å². The van der Waals surface area contributed by atoms with Crippen LogP contribution in [-0.2, 0) is 32.6 Å². The van der Waals surface area contributed by atoms with Crippen molar-refractivity contribution in [2.24, 2.45) is 5.92 Å². The summed E-state index contributed by atoms with van der Waals surface area (Å²) in [7, 11) is -4.23. The molecule has 0 aromatic heterocycles. The molecule has 1 N–H and O–H groups in total. The Morgan fingerprint density at radius 2 is 1.40 bits per heavy atom. The lowest BCUT2D eigenvalue weighted by Gasteiger charge is -2.34. The van der Waals surface area contributed by atoms with Crippen molar-refractivity contribution >= 4 is 62.3 Å². The van der Waals surface area contributed by atoms with E-state index in [1.54, 1.807) is 48.5 Å². The molecule has 0 fully saturated rings. The highest BCUT2D eigenvalue weighted by Gasteiger charge is 2.35. The van der Waals surface area contributed by atoms with Crippen molar-refractivity contribution in [1.82, 2.24) is 10.2 Å². The number of sulfonamides is 1. The molecule has 11 heteroatoms. The van der Waals surface area contributed by atoms with E-state index in [9.17, 15) is 18.0 Å². The predicted molar refractivity (Wildman–Crippen MR) is 181 cm³/mol.